The number of halogens is 3. The Morgan fingerprint density at radius 2 is 2.00 bits per heavy atom. The summed E-state index contributed by atoms with van der Waals surface area (Å²) in [5.74, 6) is 0.806. The Bertz CT molecular complexity index is 337. The van der Waals surface area contributed by atoms with Crippen LogP contribution in [0.25, 0.3) is 0 Å². The molecule has 0 aromatic heterocycles. The maximum atomic E-state index is 6.08. The quantitative estimate of drug-likeness (QED) is 0.871. The molecule has 0 unspecified atom stereocenters. The average Bonchev–Trinajstić information content (AvgIpc) is 2.93. The van der Waals surface area contributed by atoms with Crippen LogP contribution in [-0.4, -0.2) is 0 Å². The molecule has 2 rings (SSSR count). The highest BCUT2D eigenvalue weighted by Crippen LogP contribution is 2.39. The molecule has 0 amide bonds. The molecule has 1 saturated carbocycles. The first-order valence-corrected chi connectivity index (χ1v) is 5.63. The summed E-state index contributed by atoms with van der Waals surface area (Å²) in [5, 5.41) is 1.21. The second-order valence-electron chi connectivity index (χ2n) is 3.93. The normalized spacial score (nSPS) is 17.0. The first-order chi connectivity index (χ1) is 6.68. The molecule has 1 aromatic rings. The van der Waals surface area contributed by atoms with Gasteiger partial charge in [-0.15, -0.1) is 12.4 Å². The Balaban J connectivity index is 0.00000112. The summed E-state index contributed by atoms with van der Waals surface area (Å²) in [7, 11) is 0. The fourth-order valence-electron chi connectivity index (χ4n) is 1.65. The smallest absolute Gasteiger partial charge is 0.0640 e. The zero-order valence-electron chi connectivity index (χ0n) is 8.25. The van der Waals surface area contributed by atoms with Crippen molar-refractivity contribution in [3.8, 4) is 0 Å². The molecule has 0 radical (unpaired) electrons. The highest BCUT2D eigenvalue weighted by molar-refractivity contribution is 6.42. The molecular formula is C11H14Cl3N. The fourth-order valence-corrected chi connectivity index (χ4v) is 2.09. The summed E-state index contributed by atoms with van der Waals surface area (Å²) in [6.07, 6.45) is 3.65. The molecule has 0 spiro atoms. The number of benzene rings is 1. The van der Waals surface area contributed by atoms with Crippen LogP contribution in [0.2, 0.25) is 10.0 Å². The van der Waals surface area contributed by atoms with E-state index in [1.165, 1.54) is 12.8 Å². The topological polar surface area (TPSA) is 26.0 Å². The largest absolute Gasteiger partial charge is 0.324 e. The molecule has 0 heterocycles. The first-order valence-electron chi connectivity index (χ1n) is 4.88. The fraction of sp³-hybridized carbons (Fsp3) is 0.455. The molecule has 4 heteroatoms. The lowest BCUT2D eigenvalue weighted by molar-refractivity contribution is 0.597. The summed E-state index contributed by atoms with van der Waals surface area (Å²) in [6.45, 7) is 0. The Hall–Kier alpha value is 0.0500. The van der Waals surface area contributed by atoms with E-state index in [9.17, 15) is 0 Å². The maximum absolute atomic E-state index is 6.08. The van der Waals surface area contributed by atoms with E-state index in [2.05, 4.69) is 0 Å². The number of rotatable bonds is 3. The van der Waals surface area contributed by atoms with Crippen LogP contribution in [-0.2, 0) is 0 Å². The lowest BCUT2D eigenvalue weighted by Crippen LogP contribution is -2.11. The van der Waals surface area contributed by atoms with Gasteiger partial charge in [-0.3, -0.25) is 0 Å². The molecule has 1 aliphatic rings. The van der Waals surface area contributed by atoms with Crippen LogP contribution < -0.4 is 5.73 Å². The van der Waals surface area contributed by atoms with Crippen molar-refractivity contribution >= 4 is 35.6 Å². The molecule has 84 valence electrons. The highest BCUT2D eigenvalue weighted by atomic mass is 35.5. The third-order valence-electron chi connectivity index (χ3n) is 2.67. The van der Waals surface area contributed by atoms with Gasteiger partial charge in [0.25, 0.3) is 0 Å². The van der Waals surface area contributed by atoms with Gasteiger partial charge in [0.1, 0.15) is 0 Å². The molecule has 1 aromatic carbocycles. The highest BCUT2D eigenvalue weighted by Gasteiger charge is 2.25. The lowest BCUT2D eigenvalue weighted by Gasteiger charge is -2.13. The minimum Gasteiger partial charge on any atom is -0.324 e. The van der Waals surface area contributed by atoms with Gasteiger partial charge >= 0.3 is 0 Å². The van der Waals surface area contributed by atoms with Gasteiger partial charge in [-0.2, -0.15) is 0 Å². The number of hydrogen-bond donors (Lipinski definition) is 1. The molecule has 1 nitrogen and oxygen atoms in total. The number of hydrogen-bond acceptors (Lipinski definition) is 1. The molecule has 1 fully saturated rings. The van der Waals surface area contributed by atoms with Gasteiger partial charge in [0, 0.05) is 6.04 Å². The van der Waals surface area contributed by atoms with Gasteiger partial charge in [0.2, 0.25) is 0 Å². The van der Waals surface area contributed by atoms with Gasteiger partial charge in [-0.25, -0.2) is 0 Å². The van der Waals surface area contributed by atoms with Gasteiger partial charge in [0.05, 0.1) is 10.0 Å². The molecule has 2 N–H and O–H groups in total. The van der Waals surface area contributed by atoms with Gasteiger partial charge < -0.3 is 5.73 Å². The van der Waals surface area contributed by atoms with Crippen molar-refractivity contribution in [3.05, 3.63) is 33.8 Å². The maximum Gasteiger partial charge on any atom is 0.0640 e. The first kappa shape index (κ1) is 13.1. The standard InChI is InChI=1S/C11H13Cl2N.ClH/c12-9-3-1-2-8(11(9)13)10(14)6-7-4-5-7;/h1-3,7,10H,4-6,14H2;1H/t10-;/m0./s1. The van der Waals surface area contributed by atoms with E-state index in [-0.39, 0.29) is 18.4 Å². The summed E-state index contributed by atoms with van der Waals surface area (Å²) >= 11 is 12.0. The van der Waals surface area contributed by atoms with Gasteiger partial charge in [-0.1, -0.05) is 48.2 Å². The van der Waals surface area contributed by atoms with E-state index in [1.54, 1.807) is 6.07 Å². The molecule has 15 heavy (non-hydrogen) atoms. The summed E-state index contributed by atoms with van der Waals surface area (Å²) in [5.41, 5.74) is 7.04. The van der Waals surface area contributed by atoms with E-state index in [1.807, 2.05) is 12.1 Å². The van der Waals surface area contributed by atoms with Crippen LogP contribution in [0.15, 0.2) is 18.2 Å². The SMILES string of the molecule is Cl.N[C@@H](CC1CC1)c1cccc(Cl)c1Cl. The van der Waals surface area contributed by atoms with Crippen molar-refractivity contribution in [2.24, 2.45) is 11.7 Å². The third-order valence-corrected chi connectivity index (χ3v) is 3.50. The van der Waals surface area contributed by atoms with Crippen LogP contribution in [0.1, 0.15) is 30.9 Å². The van der Waals surface area contributed by atoms with Gasteiger partial charge in [-0.05, 0) is 24.0 Å². The predicted molar refractivity (Wildman–Crippen MR) is 68.0 cm³/mol. The Morgan fingerprint density at radius 3 is 2.60 bits per heavy atom. The summed E-state index contributed by atoms with van der Waals surface area (Å²) in [6, 6.07) is 5.68. The molecular weight excluding hydrogens is 252 g/mol. The van der Waals surface area contributed by atoms with Crippen molar-refractivity contribution in [2.45, 2.75) is 25.3 Å². The summed E-state index contributed by atoms with van der Waals surface area (Å²) < 4.78 is 0. The average molecular weight is 267 g/mol. The van der Waals surface area contributed by atoms with Crippen LogP contribution in [0.5, 0.6) is 0 Å². The van der Waals surface area contributed by atoms with Crippen molar-refractivity contribution in [1.29, 1.82) is 0 Å². The van der Waals surface area contributed by atoms with Crippen LogP contribution in [0.4, 0.5) is 0 Å². The lowest BCUT2D eigenvalue weighted by atomic mass is 10.0. The van der Waals surface area contributed by atoms with Crippen molar-refractivity contribution in [3.63, 3.8) is 0 Å². The minimum atomic E-state index is 0. The third kappa shape index (κ3) is 3.25. The number of nitrogens with two attached hydrogens (primary N) is 1. The Morgan fingerprint density at radius 1 is 1.33 bits per heavy atom. The van der Waals surface area contributed by atoms with Crippen LogP contribution >= 0.6 is 35.6 Å². The molecule has 0 aliphatic heterocycles. The molecule has 1 aliphatic carbocycles. The van der Waals surface area contributed by atoms with E-state index >= 15 is 0 Å². The molecule has 0 saturated heterocycles. The molecule has 0 bridgehead atoms. The monoisotopic (exact) mass is 265 g/mol. The van der Waals surface area contributed by atoms with Crippen LogP contribution in [0.3, 0.4) is 0 Å². The van der Waals surface area contributed by atoms with Gasteiger partial charge in [0.15, 0.2) is 0 Å². The second-order valence-corrected chi connectivity index (χ2v) is 4.71. The van der Waals surface area contributed by atoms with Crippen molar-refractivity contribution in [2.75, 3.05) is 0 Å². The van der Waals surface area contributed by atoms with E-state index in [4.69, 9.17) is 28.9 Å². The zero-order valence-corrected chi connectivity index (χ0v) is 10.6. The van der Waals surface area contributed by atoms with Crippen LogP contribution in [0, 0.1) is 5.92 Å². The van der Waals surface area contributed by atoms with Crippen molar-refractivity contribution in [1.82, 2.24) is 0 Å². The Kier molecular flexibility index (Phi) is 4.72. The minimum absolute atomic E-state index is 0. The van der Waals surface area contributed by atoms with E-state index < -0.39 is 0 Å². The second kappa shape index (κ2) is 5.40. The molecule has 1 atom stereocenters. The zero-order chi connectivity index (χ0) is 10.1. The van der Waals surface area contributed by atoms with Crippen molar-refractivity contribution < 1.29 is 0 Å². The summed E-state index contributed by atoms with van der Waals surface area (Å²) in [4.78, 5) is 0. The van der Waals surface area contributed by atoms with E-state index in [0.717, 1.165) is 17.9 Å². The Labute approximate surface area is 106 Å². The van der Waals surface area contributed by atoms with E-state index in [0.29, 0.717) is 10.0 Å². The predicted octanol–water partition coefficient (Wildman–Crippen LogP) is 4.22.